The summed E-state index contributed by atoms with van der Waals surface area (Å²) in [6.45, 7) is 7.33. The van der Waals surface area contributed by atoms with E-state index in [-0.39, 0.29) is 62.7 Å². The van der Waals surface area contributed by atoms with E-state index in [0.29, 0.717) is 73.1 Å². The van der Waals surface area contributed by atoms with Gasteiger partial charge in [-0.3, -0.25) is 4.79 Å². The number of ether oxygens (including phenoxy) is 4. The normalized spacial score (nSPS) is 10.7. The van der Waals surface area contributed by atoms with Crippen molar-refractivity contribution in [2.45, 2.75) is 27.7 Å². The first-order valence-electron chi connectivity index (χ1n) is 20.4. The van der Waals surface area contributed by atoms with Gasteiger partial charge in [-0.2, -0.15) is 0 Å². The SMILES string of the molecule is C.C=CC(=O)Cc1cccc(C)c1Nc1ncc2cc(-c3c(Cl)c(OC)cc(OC)c3Cl)cc(F)c2n1.COc1cc(OC)c(Cl)c(-c2cc(F)c3nc(Nc4c(C)cccc4N)ncc3c2)c1Cl. The van der Waals surface area contributed by atoms with Gasteiger partial charge in [0.2, 0.25) is 11.9 Å². The molecule has 0 fully saturated rings. The minimum Gasteiger partial charge on any atom is -0.495 e. The quantitative estimate of drug-likeness (QED) is 0.0743. The Bertz CT molecular complexity index is 3210. The first-order valence-corrected chi connectivity index (χ1v) is 21.9. The molecule has 69 heavy (non-hydrogen) atoms. The molecule has 0 radical (unpaired) electrons. The third-order valence-corrected chi connectivity index (χ3v) is 12.2. The number of halogens is 6. The van der Waals surface area contributed by atoms with Crippen LogP contribution in [0.25, 0.3) is 44.1 Å². The Kier molecular flexibility index (Phi) is 16.4. The van der Waals surface area contributed by atoms with Gasteiger partial charge in [0, 0.05) is 58.5 Å². The van der Waals surface area contributed by atoms with Crippen molar-refractivity contribution in [1.29, 1.82) is 0 Å². The Morgan fingerprint density at radius 1 is 0.652 bits per heavy atom. The highest BCUT2D eigenvalue weighted by molar-refractivity contribution is 6.42. The summed E-state index contributed by atoms with van der Waals surface area (Å²) in [6, 6.07) is 20.3. The molecular weight excluding hydrogens is 970 g/mol. The number of hydrogen-bond acceptors (Lipinski definition) is 12. The molecule has 4 N–H and O–H groups in total. The molecule has 0 saturated carbocycles. The van der Waals surface area contributed by atoms with E-state index in [2.05, 4.69) is 37.1 Å². The predicted molar refractivity (Wildman–Crippen MR) is 275 cm³/mol. The van der Waals surface area contributed by atoms with Crippen LogP contribution >= 0.6 is 46.4 Å². The van der Waals surface area contributed by atoms with Crippen LogP contribution in [0.1, 0.15) is 24.1 Å². The molecule has 12 nitrogen and oxygen atoms in total. The molecule has 0 saturated heterocycles. The minimum absolute atomic E-state index is 0. The average molecular weight is 1020 g/mol. The second-order valence-electron chi connectivity index (χ2n) is 15.0. The third kappa shape index (κ3) is 10.7. The van der Waals surface area contributed by atoms with Crippen LogP contribution in [0.3, 0.4) is 0 Å². The molecule has 0 bridgehead atoms. The number of carbonyl (C=O) groups excluding carboxylic acids is 1. The van der Waals surface area contributed by atoms with Crippen LogP contribution in [0.4, 0.5) is 37.7 Å². The molecule has 0 aliphatic carbocycles. The Hall–Kier alpha value is -6.97. The largest absolute Gasteiger partial charge is 0.495 e. The average Bonchev–Trinajstić information content (AvgIpc) is 3.32. The van der Waals surface area contributed by atoms with Gasteiger partial charge in [-0.25, -0.2) is 28.7 Å². The molecule has 18 heteroatoms. The minimum atomic E-state index is -0.589. The highest BCUT2D eigenvalue weighted by Gasteiger charge is 2.23. The number of nitrogen functional groups attached to an aromatic ring is 1. The van der Waals surface area contributed by atoms with Gasteiger partial charge < -0.3 is 35.3 Å². The molecule has 8 rings (SSSR count). The number of aromatic nitrogens is 4. The first-order chi connectivity index (χ1) is 32.6. The fourth-order valence-corrected chi connectivity index (χ4v) is 8.73. The number of fused-ring (bicyclic) bond motifs is 2. The van der Waals surface area contributed by atoms with Crippen molar-refractivity contribution in [3.8, 4) is 45.3 Å². The molecule has 8 aromatic rings. The predicted octanol–water partition coefficient (Wildman–Crippen LogP) is 14.1. The van der Waals surface area contributed by atoms with E-state index in [1.165, 1.54) is 59.0 Å². The smallest absolute Gasteiger partial charge is 0.227 e. The lowest BCUT2D eigenvalue weighted by atomic mass is 10.0. The third-order valence-electron chi connectivity index (χ3n) is 10.7. The summed E-state index contributed by atoms with van der Waals surface area (Å²) in [4.78, 5) is 29.3. The number of para-hydroxylation sites is 2. The van der Waals surface area contributed by atoms with Gasteiger partial charge in [-0.15, -0.1) is 0 Å². The summed E-state index contributed by atoms with van der Waals surface area (Å²) in [5, 5.41) is 8.04. The summed E-state index contributed by atoms with van der Waals surface area (Å²) < 4.78 is 51.7. The maximum absolute atomic E-state index is 15.3. The number of carbonyl (C=O) groups is 1. The maximum atomic E-state index is 15.3. The van der Waals surface area contributed by atoms with E-state index < -0.39 is 11.6 Å². The molecule has 2 aromatic heterocycles. The molecule has 0 amide bonds. The fraction of sp³-hybridized carbons (Fsp3) is 0.157. The van der Waals surface area contributed by atoms with Crippen LogP contribution in [0, 0.1) is 25.5 Å². The van der Waals surface area contributed by atoms with E-state index in [4.69, 9.17) is 71.1 Å². The molecule has 0 aliphatic rings. The van der Waals surface area contributed by atoms with Gasteiger partial charge in [0.1, 0.15) is 45.7 Å². The number of nitrogens with one attached hydrogen (secondary N) is 2. The number of benzene rings is 6. The number of allylic oxidation sites excluding steroid dienone is 1. The topological polar surface area (TPSA) is 156 Å². The van der Waals surface area contributed by atoms with Crippen LogP contribution in [0.5, 0.6) is 23.0 Å². The second kappa shape index (κ2) is 22.0. The van der Waals surface area contributed by atoms with Crippen molar-refractivity contribution in [3.63, 3.8) is 0 Å². The number of methoxy groups -OCH3 is 4. The van der Waals surface area contributed by atoms with Gasteiger partial charge in [0.05, 0.1) is 59.9 Å². The van der Waals surface area contributed by atoms with Crippen molar-refractivity contribution in [3.05, 3.63) is 146 Å². The zero-order valence-corrected chi connectivity index (χ0v) is 40.3. The number of nitrogens with zero attached hydrogens (tertiary/aromatic N) is 4. The van der Waals surface area contributed by atoms with Crippen LogP contribution in [-0.2, 0) is 11.2 Å². The van der Waals surface area contributed by atoms with Crippen molar-refractivity contribution in [2.24, 2.45) is 0 Å². The Labute approximate surface area is 417 Å². The number of ketones is 1. The van der Waals surface area contributed by atoms with Gasteiger partial charge >= 0.3 is 0 Å². The van der Waals surface area contributed by atoms with E-state index in [0.717, 1.165) is 16.7 Å². The molecular formula is C51H45Cl4F2N7O5. The number of hydrogen-bond donors (Lipinski definition) is 3. The van der Waals surface area contributed by atoms with E-state index in [1.54, 1.807) is 30.3 Å². The van der Waals surface area contributed by atoms with Crippen molar-refractivity contribution in [1.82, 2.24) is 19.9 Å². The number of anilines is 5. The van der Waals surface area contributed by atoms with Crippen molar-refractivity contribution in [2.75, 3.05) is 44.8 Å². The second-order valence-corrected chi connectivity index (χ2v) is 16.5. The molecule has 0 spiro atoms. The molecule has 6 aromatic carbocycles. The van der Waals surface area contributed by atoms with Crippen LogP contribution in [0.2, 0.25) is 20.1 Å². The van der Waals surface area contributed by atoms with E-state index in [9.17, 15) is 4.79 Å². The highest BCUT2D eigenvalue weighted by atomic mass is 35.5. The molecule has 0 atom stereocenters. The molecule has 2 heterocycles. The van der Waals surface area contributed by atoms with Gasteiger partial charge in [-0.1, -0.05) is 90.7 Å². The van der Waals surface area contributed by atoms with Gasteiger partial charge in [0.15, 0.2) is 5.78 Å². The van der Waals surface area contributed by atoms with Crippen molar-refractivity contribution < 1.29 is 32.5 Å². The highest BCUT2D eigenvalue weighted by Crippen LogP contribution is 2.48. The maximum Gasteiger partial charge on any atom is 0.227 e. The van der Waals surface area contributed by atoms with E-state index in [1.807, 2.05) is 44.2 Å². The van der Waals surface area contributed by atoms with Crippen LogP contribution in [0.15, 0.2) is 97.8 Å². The van der Waals surface area contributed by atoms with Crippen LogP contribution in [-0.4, -0.2) is 54.2 Å². The van der Waals surface area contributed by atoms with Gasteiger partial charge in [-0.05, 0) is 78.1 Å². The Balaban J connectivity index is 0.000000225. The van der Waals surface area contributed by atoms with E-state index >= 15 is 8.78 Å². The molecule has 0 unspecified atom stereocenters. The summed E-state index contributed by atoms with van der Waals surface area (Å²) in [7, 11) is 5.88. The number of rotatable bonds is 13. The summed E-state index contributed by atoms with van der Waals surface area (Å²) in [5.74, 6) is 0.544. The summed E-state index contributed by atoms with van der Waals surface area (Å²) in [5.41, 5.74) is 12.4. The number of aryl methyl sites for hydroxylation is 2. The molecule has 0 aliphatic heterocycles. The standard InChI is InChI=1S/C27H22Cl2FN3O3.C23H19Cl2FN4O2.CH4/c1-5-18(34)10-15-8-6-7-14(2)25(15)32-27-31-13-17-9-16(11-19(30)26(17)33-27)22-23(28)20(35-3)12-21(36-4)24(22)29;1-11-5-4-6-15(27)21(11)29-23-28-10-13-7-12(8-14(26)22(13)30-23)18-19(24)16(31-2)9-17(32-3)20(18)25;/h5-9,11-13H,1,10H2,2-4H3,(H,31,32,33);4-10H,27H2,1-3H3,(H,28,29,30);1H4. The van der Waals surface area contributed by atoms with Gasteiger partial charge in [0.25, 0.3) is 0 Å². The number of nitrogens with two attached hydrogens (primary N) is 1. The first kappa shape index (κ1) is 51.4. The molecule has 356 valence electrons. The zero-order valence-electron chi connectivity index (χ0n) is 37.2. The monoisotopic (exact) mass is 1010 g/mol. The summed E-state index contributed by atoms with van der Waals surface area (Å²) in [6.07, 6.45) is 4.47. The van der Waals surface area contributed by atoms with Crippen molar-refractivity contribution >= 4 is 103 Å². The van der Waals surface area contributed by atoms with Crippen LogP contribution < -0.4 is 35.3 Å². The zero-order chi connectivity index (χ0) is 49.0. The Morgan fingerprint density at radius 3 is 1.46 bits per heavy atom. The lowest BCUT2D eigenvalue weighted by Crippen LogP contribution is -2.06. The lowest BCUT2D eigenvalue weighted by molar-refractivity contribution is -0.114. The lowest BCUT2D eigenvalue weighted by Gasteiger charge is -2.16. The Morgan fingerprint density at radius 2 is 1.06 bits per heavy atom. The fourth-order valence-electron chi connectivity index (χ4n) is 7.29. The summed E-state index contributed by atoms with van der Waals surface area (Å²) >= 11 is 26.0.